The molecule has 1 aromatic heterocycles. The summed E-state index contributed by atoms with van der Waals surface area (Å²) >= 11 is 1.67. The molecule has 0 radical (unpaired) electrons. The molecule has 5 heteroatoms. The van der Waals surface area contributed by atoms with E-state index in [0.29, 0.717) is 12.5 Å². The molecule has 17 heavy (non-hydrogen) atoms. The van der Waals surface area contributed by atoms with Crippen molar-refractivity contribution in [3.05, 3.63) is 16.1 Å². The van der Waals surface area contributed by atoms with Crippen molar-refractivity contribution in [2.45, 2.75) is 32.7 Å². The van der Waals surface area contributed by atoms with Crippen LogP contribution in [0, 0.1) is 12.8 Å². The first-order chi connectivity index (χ1) is 8.16. The third kappa shape index (κ3) is 3.78. The molecule has 1 aliphatic rings. The van der Waals surface area contributed by atoms with Gasteiger partial charge < -0.3 is 10.6 Å². The molecule has 2 N–H and O–H groups in total. The number of carbonyl (C=O) groups is 1. The minimum Gasteiger partial charge on any atom is -0.355 e. The summed E-state index contributed by atoms with van der Waals surface area (Å²) in [5.74, 6) is 0.512. The number of hydrogen-bond acceptors (Lipinski definition) is 4. The molecule has 1 fully saturated rings. The Labute approximate surface area is 106 Å². The van der Waals surface area contributed by atoms with Crippen molar-refractivity contribution in [1.82, 2.24) is 15.6 Å². The topological polar surface area (TPSA) is 54.0 Å². The van der Waals surface area contributed by atoms with Crippen molar-refractivity contribution in [3.63, 3.8) is 0 Å². The van der Waals surface area contributed by atoms with E-state index >= 15 is 0 Å². The molecule has 0 spiro atoms. The van der Waals surface area contributed by atoms with Crippen molar-refractivity contribution in [2.24, 2.45) is 5.92 Å². The quantitative estimate of drug-likeness (QED) is 0.758. The predicted molar refractivity (Wildman–Crippen MR) is 69.0 cm³/mol. The van der Waals surface area contributed by atoms with E-state index in [1.54, 1.807) is 11.3 Å². The Balaban J connectivity index is 1.62. The fourth-order valence-electron chi connectivity index (χ4n) is 1.65. The summed E-state index contributed by atoms with van der Waals surface area (Å²) in [6.45, 7) is 5.59. The lowest BCUT2D eigenvalue weighted by atomic mass is 10.2. The van der Waals surface area contributed by atoms with Gasteiger partial charge >= 0.3 is 0 Å². The molecule has 1 aromatic rings. The minimum absolute atomic E-state index is 0.212. The van der Waals surface area contributed by atoms with E-state index in [4.69, 9.17) is 0 Å². The van der Waals surface area contributed by atoms with Crippen LogP contribution in [0.1, 0.15) is 36.5 Å². The van der Waals surface area contributed by atoms with Crippen LogP contribution in [0.5, 0.6) is 0 Å². The van der Waals surface area contributed by atoms with Crippen LogP contribution in [0.2, 0.25) is 0 Å². The van der Waals surface area contributed by atoms with Gasteiger partial charge in [0.05, 0.1) is 10.7 Å². The molecule has 4 nitrogen and oxygen atoms in total. The number of nitrogens with one attached hydrogen (secondary N) is 2. The Morgan fingerprint density at radius 3 is 2.94 bits per heavy atom. The third-order valence-electron chi connectivity index (χ3n) is 2.90. The molecule has 94 valence electrons. The second-order valence-corrected chi connectivity index (χ2v) is 5.59. The molecule has 1 aliphatic carbocycles. The zero-order valence-corrected chi connectivity index (χ0v) is 11.1. The lowest BCUT2D eigenvalue weighted by Gasteiger charge is -2.11. The molecule has 1 atom stereocenters. The van der Waals surface area contributed by atoms with Crippen LogP contribution in [0.25, 0.3) is 0 Å². The van der Waals surface area contributed by atoms with Crippen molar-refractivity contribution in [2.75, 3.05) is 13.1 Å². The average Bonchev–Trinajstić information content (AvgIpc) is 3.07. The van der Waals surface area contributed by atoms with E-state index < -0.39 is 0 Å². The molecule has 0 aromatic carbocycles. The Hall–Kier alpha value is -0.940. The number of hydrogen-bond donors (Lipinski definition) is 2. The molecule has 1 saturated carbocycles. The summed E-state index contributed by atoms with van der Waals surface area (Å²) in [7, 11) is 0. The van der Waals surface area contributed by atoms with Gasteiger partial charge in [0.2, 0.25) is 5.91 Å². The summed E-state index contributed by atoms with van der Waals surface area (Å²) in [5.41, 5.74) is 1.08. The van der Waals surface area contributed by atoms with Gasteiger partial charge in [-0.05, 0) is 26.7 Å². The predicted octanol–water partition coefficient (Wildman–Crippen LogP) is 1.63. The summed E-state index contributed by atoms with van der Waals surface area (Å²) < 4.78 is 0. The van der Waals surface area contributed by atoms with Crippen LogP contribution in [0.4, 0.5) is 0 Å². The number of carbonyl (C=O) groups excluding carboxylic acids is 1. The van der Waals surface area contributed by atoms with Gasteiger partial charge in [0, 0.05) is 30.4 Å². The largest absolute Gasteiger partial charge is 0.355 e. The van der Waals surface area contributed by atoms with Crippen molar-refractivity contribution >= 4 is 17.2 Å². The average molecular weight is 253 g/mol. The molecule has 0 aliphatic heterocycles. The van der Waals surface area contributed by atoms with Gasteiger partial charge in [-0.25, -0.2) is 4.98 Å². The SMILES string of the molecule is Cc1nc(C(C)NCCNC(=O)C2CC2)cs1. The maximum absolute atomic E-state index is 11.4. The van der Waals surface area contributed by atoms with Crippen LogP contribution in [0.15, 0.2) is 5.38 Å². The monoisotopic (exact) mass is 253 g/mol. The van der Waals surface area contributed by atoms with E-state index in [9.17, 15) is 4.79 Å². The smallest absolute Gasteiger partial charge is 0.223 e. The molecule has 2 rings (SSSR count). The van der Waals surface area contributed by atoms with Crippen LogP contribution < -0.4 is 10.6 Å². The second-order valence-electron chi connectivity index (χ2n) is 4.53. The van der Waals surface area contributed by atoms with E-state index in [1.165, 1.54) is 0 Å². The molecule has 1 amide bonds. The second kappa shape index (κ2) is 5.60. The number of aryl methyl sites for hydroxylation is 1. The standard InChI is InChI=1S/C12H19N3OS/c1-8(11-7-17-9(2)15-11)13-5-6-14-12(16)10-3-4-10/h7-8,10,13H,3-6H2,1-2H3,(H,14,16). The van der Waals surface area contributed by atoms with Crippen LogP contribution in [-0.2, 0) is 4.79 Å². The summed E-state index contributed by atoms with van der Waals surface area (Å²) in [4.78, 5) is 15.8. The highest BCUT2D eigenvalue weighted by Crippen LogP contribution is 2.28. The summed E-state index contributed by atoms with van der Waals surface area (Å²) in [5, 5.41) is 9.47. The number of rotatable bonds is 6. The molecular formula is C12H19N3OS. The Kier molecular flexibility index (Phi) is 4.12. The highest BCUT2D eigenvalue weighted by molar-refractivity contribution is 7.09. The number of nitrogens with zero attached hydrogens (tertiary/aromatic N) is 1. The van der Waals surface area contributed by atoms with Gasteiger partial charge in [-0.15, -0.1) is 11.3 Å². The van der Waals surface area contributed by atoms with Gasteiger partial charge in [-0.3, -0.25) is 4.79 Å². The Morgan fingerprint density at radius 2 is 2.35 bits per heavy atom. The van der Waals surface area contributed by atoms with Gasteiger partial charge in [-0.2, -0.15) is 0 Å². The summed E-state index contributed by atoms with van der Waals surface area (Å²) in [6, 6.07) is 0.248. The number of amides is 1. The highest BCUT2D eigenvalue weighted by Gasteiger charge is 2.28. The van der Waals surface area contributed by atoms with Gasteiger partial charge in [0.1, 0.15) is 0 Å². The first kappa shape index (κ1) is 12.5. The lowest BCUT2D eigenvalue weighted by Crippen LogP contribution is -2.33. The van der Waals surface area contributed by atoms with E-state index in [2.05, 4.69) is 27.9 Å². The maximum atomic E-state index is 11.4. The Bertz CT molecular complexity index is 387. The first-order valence-corrected chi connectivity index (χ1v) is 6.98. The van der Waals surface area contributed by atoms with Crippen LogP contribution in [0.3, 0.4) is 0 Å². The normalized spacial score (nSPS) is 16.8. The van der Waals surface area contributed by atoms with Gasteiger partial charge in [-0.1, -0.05) is 0 Å². The van der Waals surface area contributed by atoms with Crippen molar-refractivity contribution in [3.8, 4) is 0 Å². The van der Waals surface area contributed by atoms with Gasteiger partial charge in [0.25, 0.3) is 0 Å². The van der Waals surface area contributed by atoms with Crippen LogP contribution >= 0.6 is 11.3 Å². The molecule has 1 heterocycles. The van der Waals surface area contributed by atoms with Crippen LogP contribution in [-0.4, -0.2) is 24.0 Å². The first-order valence-electron chi connectivity index (χ1n) is 6.10. The van der Waals surface area contributed by atoms with Crippen molar-refractivity contribution < 1.29 is 4.79 Å². The zero-order chi connectivity index (χ0) is 12.3. The minimum atomic E-state index is 0.212. The molecule has 0 bridgehead atoms. The van der Waals surface area contributed by atoms with E-state index in [1.807, 2.05) is 6.92 Å². The molecule has 1 unspecified atom stereocenters. The maximum Gasteiger partial charge on any atom is 0.223 e. The molecular weight excluding hydrogens is 234 g/mol. The van der Waals surface area contributed by atoms with E-state index in [-0.39, 0.29) is 11.9 Å². The Morgan fingerprint density at radius 1 is 1.59 bits per heavy atom. The van der Waals surface area contributed by atoms with Crippen molar-refractivity contribution in [1.29, 1.82) is 0 Å². The summed E-state index contributed by atoms with van der Waals surface area (Å²) in [6.07, 6.45) is 2.13. The fraction of sp³-hybridized carbons (Fsp3) is 0.667. The highest BCUT2D eigenvalue weighted by atomic mass is 32.1. The zero-order valence-electron chi connectivity index (χ0n) is 10.3. The van der Waals surface area contributed by atoms with Gasteiger partial charge in [0.15, 0.2) is 0 Å². The lowest BCUT2D eigenvalue weighted by molar-refractivity contribution is -0.122. The fourth-order valence-corrected chi connectivity index (χ4v) is 2.35. The third-order valence-corrected chi connectivity index (χ3v) is 3.70. The van der Waals surface area contributed by atoms with E-state index in [0.717, 1.165) is 30.1 Å². The number of aromatic nitrogens is 1. The molecule has 0 saturated heterocycles. The number of thiazole rings is 1.